The van der Waals surface area contributed by atoms with Crippen LogP contribution in [-0.4, -0.2) is 36.7 Å². The molecule has 138 valence electrons. The minimum absolute atomic E-state index is 0.186. The lowest BCUT2D eigenvalue weighted by Gasteiger charge is -2.29. The van der Waals surface area contributed by atoms with E-state index in [1.54, 1.807) is 0 Å². The molecule has 2 amide bonds. The molecule has 1 unspecified atom stereocenters. The van der Waals surface area contributed by atoms with Crippen LogP contribution in [-0.2, 0) is 14.4 Å². The zero-order valence-corrected chi connectivity index (χ0v) is 14.8. The summed E-state index contributed by atoms with van der Waals surface area (Å²) in [4.78, 5) is 37.3. The Morgan fingerprint density at radius 1 is 1.00 bits per heavy atom. The van der Waals surface area contributed by atoms with Crippen molar-refractivity contribution in [2.75, 3.05) is 18.4 Å². The lowest BCUT2D eigenvalue weighted by Crippen LogP contribution is -2.57. The van der Waals surface area contributed by atoms with Gasteiger partial charge >= 0.3 is 0 Å². The quantitative estimate of drug-likeness (QED) is 0.719. The van der Waals surface area contributed by atoms with Crippen LogP contribution in [0.4, 0.5) is 5.69 Å². The summed E-state index contributed by atoms with van der Waals surface area (Å²) in [6, 6.07) is 7.64. The summed E-state index contributed by atoms with van der Waals surface area (Å²) in [5, 5.41) is 8.63. The number of hydrogen-bond acceptors (Lipinski definition) is 4. The minimum Gasteiger partial charge on any atom is -0.350 e. The van der Waals surface area contributed by atoms with E-state index >= 15 is 0 Å². The molecule has 0 radical (unpaired) electrons. The Kier molecular flexibility index (Phi) is 4.76. The van der Waals surface area contributed by atoms with Crippen LogP contribution in [0.15, 0.2) is 24.3 Å². The zero-order chi connectivity index (χ0) is 18.1. The summed E-state index contributed by atoms with van der Waals surface area (Å²) in [6.45, 7) is 1.10. The van der Waals surface area contributed by atoms with Crippen LogP contribution < -0.4 is 16.0 Å². The van der Waals surface area contributed by atoms with Crippen molar-refractivity contribution < 1.29 is 14.4 Å². The molecule has 6 heteroatoms. The minimum atomic E-state index is -1.26. The number of carbonyl (C=O) groups excluding carboxylic acids is 3. The standard InChI is InChI=1S/C20H25N3O3/c24-18-15-10-21-11-16(15)23-20(26)17(18)19(25)22-14-8-6-13(7-9-14)12-4-2-1-3-5-12/h6-9,12,15-17,21H,1-5,10-11H2,(H,22,25)(H,23,26)/t15-,16-,17?/m1/s1. The molecule has 0 spiro atoms. The van der Waals surface area contributed by atoms with Gasteiger partial charge in [0.05, 0.1) is 12.0 Å². The van der Waals surface area contributed by atoms with Crippen molar-refractivity contribution in [1.82, 2.24) is 10.6 Å². The number of benzene rings is 1. The Morgan fingerprint density at radius 2 is 1.73 bits per heavy atom. The molecule has 1 aromatic rings. The SMILES string of the molecule is O=C(Nc1ccc(C2CCCCC2)cc1)C1C(=O)N[C@@H]2CNC[C@H]2C1=O. The normalized spacial score (nSPS) is 29.2. The number of hydrogen-bond donors (Lipinski definition) is 3. The number of nitrogens with one attached hydrogen (secondary N) is 3. The zero-order valence-electron chi connectivity index (χ0n) is 14.8. The van der Waals surface area contributed by atoms with Crippen molar-refractivity contribution in [1.29, 1.82) is 0 Å². The van der Waals surface area contributed by atoms with Crippen molar-refractivity contribution in [3.05, 3.63) is 29.8 Å². The Morgan fingerprint density at radius 3 is 2.46 bits per heavy atom. The molecular formula is C20H25N3O3. The fourth-order valence-corrected chi connectivity index (χ4v) is 4.48. The third-order valence-electron chi connectivity index (χ3n) is 5.97. The number of piperidine rings is 1. The van der Waals surface area contributed by atoms with E-state index in [2.05, 4.69) is 16.0 Å². The second-order valence-corrected chi connectivity index (χ2v) is 7.66. The average Bonchev–Trinajstić information content (AvgIpc) is 3.12. The second kappa shape index (κ2) is 7.19. The van der Waals surface area contributed by atoms with Crippen molar-refractivity contribution in [3.8, 4) is 0 Å². The molecule has 1 saturated carbocycles. The molecule has 1 aliphatic carbocycles. The van der Waals surface area contributed by atoms with Gasteiger partial charge in [-0.05, 0) is 36.5 Å². The highest BCUT2D eigenvalue weighted by Crippen LogP contribution is 2.33. The first kappa shape index (κ1) is 17.2. The Bertz CT molecular complexity index is 710. The predicted molar refractivity (Wildman–Crippen MR) is 97.7 cm³/mol. The van der Waals surface area contributed by atoms with Gasteiger partial charge in [-0.15, -0.1) is 0 Å². The molecule has 0 aromatic heterocycles. The van der Waals surface area contributed by atoms with Gasteiger partial charge in [-0.2, -0.15) is 0 Å². The summed E-state index contributed by atoms with van der Waals surface area (Å²) >= 11 is 0. The summed E-state index contributed by atoms with van der Waals surface area (Å²) in [5.74, 6) is -2.27. The molecular weight excluding hydrogens is 330 g/mol. The maximum atomic E-state index is 12.6. The van der Waals surface area contributed by atoms with E-state index in [1.165, 1.54) is 37.7 Å². The van der Waals surface area contributed by atoms with E-state index < -0.39 is 17.7 Å². The van der Waals surface area contributed by atoms with Gasteiger partial charge in [-0.1, -0.05) is 31.4 Å². The van der Waals surface area contributed by atoms with Gasteiger partial charge in [-0.25, -0.2) is 0 Å². The first-order chi connectivity index (χ1) is 12.6. The van der Waals surface area contributed by atoms with Crippen LogP contribution in [0.25, 0.3) is 0 Å². The molecule has 3 atom stereocenters. The van der Waals surface area contributed by atoms with Crippen LogP contribution in [0.3, 0.4) is 0 Å². The molecule has 2 heterocycles. The van der Waals surface area contributed by atoms with Crippen molar-refractivity contribution in [2.45, 2.75) is 44.1 Å². The maximum absolute atomic E-state index is 12.6. The van der Waals surface area contributed by atoms with E-state index in [0.29, 0.717) is 24.7 Å². The number of amides is 2. The average molecular weight is 355 g/mol. The number of fused-ring (bicyclic) bond motifs is 1. The third kappa shape index (κ3) is 3.26. The summed E-state index contributed by atoms with van der Waals surface area (Å²) in [6.07, 6.45) is 6.32. The lowest BCUT2D eigenvalue weighted by atomic mass is 9.83. The van der Waals surface area contributed by atoms with Gasteiger partial charge in [-0.3, -0.25) is 14.4 Å². The number of ketones is 1. The van der Waals surface area contributed by atoms with Gasteiger partial charge in [0, 0.05) is 18.8 Å². The fourth-order valence-electron chi connectivity index (χ4n) is 4.48. The molecule has 26 heavy (non-hydrogen) atoms. The van der Waals surface area contributed by atoms with Crippen LogP contribution in [0.2, 0.25) is 0 Å². The highest BCUT2D eigenvalue weighted by atomic mass is 16.2. The van der Waals surface area contributed by atoms with Crippen LogP contribution >= 0.6 is 0 Å². The molecule has 3 fully saturated rings. The molecule has 1 aromatic carbocycles. The number of carbonyl (C=O) groups is 3. The topological polar surface area (TPSA) is 87.3 Å². The van der Waals surface area contributed by atoms with Crippen LogP contribution in [0.1, 0.15) is 43.6 Å². The molecule has 6 nitrogen and oxygen atoms in total. The van der Waals surface area contributed by atoms with Gasteiger partial charge < -0.3 is 16.0 Å². The molecule has 3 N–H and O–H groups in total. The fraction of sp³-hybridized carbons (Fsp3) is 0.550. The molecule has 2 saturated heterocycles. The molecule has 4 rings (SSSR count). The van der Waals surface area contributed by atoms with Crippen LogP contribution in [0.5, 0.6) is 0 Å². The first-order valence-electron chi connectivity index (χ1n) is 9.59. The lowest BCUT2D eigenvalue weighted by molar-refractivity contribution is -0.145. The smallest absolute Gasteiger partial charge is 0.244 e. The number of rotatable bonds is 3. The molecule has 2 aliphatic heterocycles. The third-order valence-corrected chi connectivity index (χ3v) is 5.97. The van der Waals surface area contributed by atoms with Crippen LogP contribution in [0, 0.1) is 11.8 Å². The number of Topliss-reactive ketones (excluding diaryl/α,β-unsaturated/α-hetero) is 1. The predicted octanol–water partition coefficient (Wildman–Crippen LogP) is 1.58. The van der Waals surface area contributed by atoms with Crippen molar-refractivity contribution >= 4 is 23.3 Å². The Hall–Kier alpha value is -2.21. The Labute approximate surface area is 153 Å². The monoisotopic (exact) mass is 355 g/mol. The van der Waals surface area contributed by atoms with E-state index in [-0.39, 0.29) is 17.7 Å². The highest BCUT2D eigenvalue weighted by molar-refractivity contribution is 6.23. The van der Waals surface area contributed by atoms with E-state index in [9.17, 15) is 14.4 Å². The largest absolute Gasteiger partial charge is 0.350 e. The molecule has 0 bridgehead atoms. The van der Waals surface area contributed by atoms with E-state index in [4.69, 9.17) is 0 Å². The summed E-state index contributed by atoms with van der Waals surface area (Å²) < 4.78 is 0. The summed E-state index contributed by atoms with van der Waals surface area (Å²) in [7, 11) is 0. The first-order valence-corrected chi connectivity index (χ1v) is 9.59. The van der Waals surface area contributed by atoms with Gasteiger partial charge in [0.15, 0.2) is 11.7 Å². The van der Waals surface area contributed by atoms with Crippen molar-refractivity contribution in [3.63, 3.8) is 0 Å². The Balaban J connectivity index is 1.42. The van der Waals surface area contributed by atoms with Gasteiger partial charge in [0.1, 0.15) is 0 Å². The summed E-state index contributed by atoms with van der Waals surface area (Å²) in [5.41, 5.74) is 1.93. The van der Waals surface area contributed by atoms with Crippen molar-refractivity contribution in [2.24, 2.45) is 11.8 Å². The van der Waals surface area contributed by atoms with Gasteiger partial charge in [0.25, 0.3) is 0 Å². The van der Waals surface area contributed by atoms with E-state index in [0.717, 1.165) is 0 Å². The van der Waals surface area contributed by atoms with E-state index in [1.807, 2.05) is 24.3 Å². The molecule has 3 aliphatic rings. The second-order valence-electron chi connectivity index (χ2n) is 7.66. The maximum Gasteiger partial charge on any atom is 0.244 e. The highest BCUT2D eigenvalue weighted by Gasteiger charge is 2.48. The van der Waals surface area contributed by atoms with Gasteiger partial charge in [0.2, 0.25) is 11.8 Å². The number of anilines is 1.